The summed E-state index contributed by atoms with van der Waals surface area (Å²) in [5, 5.41) is 4.11. The first-order valence-electron chi connectivity index (χ1n) is 6.90. The van der Waals surface area contributed by atoms with E-state index < -0.39 is 12.1 Å². The Hall–Kier alpha value is -0.820. The normalized spacial score (nSPS) is 17.8. The molecule has 2 heterocycles. The lowest BCUT2D eigenvalue weighted by molar-refractivity contribution is -0.179. The highest BCUT2D eigenvalue weighted by Gasteiger charge is 2.41. The zero-order valence-electron chi connectivity index (χ0n) is 11.8. The van der Waals surface area contributed by atoms with Crippen LogP contribution in [0, 0.1) is 12.8 Å². The lowest BCUT2D eigenvalue weighted by Gasteiger charge is -2.32. The summed E-state index contributed by atoms with van der Waals surface area (Å²) in [5.74, 6) is -1.15. The lowest BCUT2D eigenvalue weighted by atomic mass is 9.97. The Kier molecular flexibility index (Phi) is 4.90. The van der Waals surface area contributed by atoms with Gasteiger partial charge < -0.3 is 10.2 Å². The van der Waals surface area contributed by atoms with E-state index in [-0.39, 0.29) is 12.8 Å². The zero-order valence-corrected chi connectivity index (χ0v) is 12.6. The number of aromatic nitrogens is 1. The standard InChI is InChI=1S/C13H20F3N3S/c1-3-17-8-11-9(2)18-12(20-11)19-6-4-10(5-7-19)13(14,15)16/h10,17H,3-8H2,1-2H3. The molecule has 20 heavy (non-hydrogen) atoms. The summed E-state index contributed by atoms with van der Waals surface area (Å²) in [7, 11) is 0. The highest BCUT2D eigenvalue weighted by molar-refractivity contribution is 7.15. The van der Waals surface area contributed by atoms with Crippen LogP contribution in [0.2, 0.25) is 0 Å². The van der Waals surface area contributed by atoms with E-state index in [1.165, 1.54) is 4.88 Å². The maximum atomic E-state index is 12.6. The second-order valence-electron chi connectivity index (χ2n) is 5.09. The van der Waals surface area contributed by atoms with Crippen LogP contribution in [0.4, 0.5) is 18.3 Å². The minimum absolute atomic E-state index is 0.171. The molecule has 1 aromatic heterocycles. The van der Waals surface area contributed by atoms with Crippen molar-refractivity contribution in [1.82, 2.24) is 10.3 Å². The smallest absolute Gasteiger partial charge is 0.348 e. The summed E-state index contributed by atoms with van der Waals surface area (Å²) >= 11 is 1.59. The van der Waals surface area contributed by atoms with Gasteiger partial charge in [-0.3, -0.25) is 0 Å². The quantitative estimate of drug-likeness (QED) is 0.925. The Bertz CT molecular complexity index is 437. The van der Waals surface area contributed by atoms with E-state index in [0.717, 1.165) is 23.9 Å². The first-order chi connectivity index (χ1) is 9.41. The first-order valence-corrected chi connectivity index (χ1v) is 7.72. The van der Waals surface area contributed by atoms with E-state index in [1.807, 2.05) is 18.7 Å². The number of alkyl halides is 3. The number of halogens is 3. The molecule has 1 N–H and O–H groups in total. The Morgan fingerprint density at radius 2 is 2.00 bits per heavy atom. The third-order valence-electron chi connectivity index (χ3n) is 3.65. The molecule has 1 aliphatic rings. The molecule has 1 fully saturated rings. The molecular formula is C13H20F3N3S. The number of hydrogen-bond acceptors (Lipinski definition) is 4. The van der Waals surface area contributed by atoms with Gasteiger partial charge in [0.05, 0.1) is 11.6 Å². The van der Waals surface area contributed by atoms with Crippen molar-refractivity contribution in [2.75, 3.05) is 24.5 Å². The maximum Gasteiger partial charge on any atom is 0.391 e. The molecule has 1 aromatic rings. The third kappa shape index (κ3) is 3.63. The van der Waals surface area contributed by atoms with Crippen molar-refractivity contribution < 1.29 is 13.2 Å². The fourth-order valence-corrected chi connectivity index (χ4v) is 3.43. The number of rotatable bonds is 4. The van der Waals surface area contributed by atoms with Crippen molar-refractivity contribution in [3.8, 4) is 0 Å². The van der Waals surface area contributed by atoms with Crippen molar-refractivity contribution in [2.45, 2.75) is 39.4 Å². The van der Waals surface area contributed by atoms with Crippen molar-refractivity contribution in [3.05, 3.63) is 10.6 Å². The van der Waals surface area contributed by atoms with Gasteiger partial charge in [0, 0.05) is 24.5 Å². The van der Waals surface area contributed by atoms with Crippen LogP contribution in [0.15, 0.2) is 0 Å². The van der Waals surface area contributed by atoms with Gasteiger partial charge in [-0.1, -0.05) is 6.92 Å². The number of nitrogens with one attached hydrogen (secondary N) is 1. The van der Waals surface area contributed by atoms with Crippen LogP contribution in [0.25, 0.3) is 0 Å². The molecule has 0 radical (unpaired) electrons. The molecule has 0 saturated carbocycles. The van der Waals surface area contributed by atoms with Crippen LogP contribution in [0.1, 0.15) is 30.3 Å². The average Bonchev–Trinajstić information content (AvgIpc) is 2.77. The summed E-state index contributed by atoms with van der Waals surface area (Å²) in [6.45, 7) is 6.55. The summed E-state index contributed by atoms with van der Waals surface area (Å²) < 4.78 is 37.9. The van der Waals surface area contributed by atoms with E-state index in [1.54, 1.807) is 11.3 Å². The minimum atomic E-state index is -4.05. The maximum absolute atomic E-state index is 12.6. The van der Waals surface area contributed by atoms with Gasteiger partial charge in [0.1, 0.15) is 0 Å². The largest absolute Gasteiger partial charge is 0.391 e. The molecule has 0 aliphatic carbocycles. The average molecular weight is 307 g/mol. The molecule has 2 rings (SSSR count). The van der Waals surface area contributed by atoms with Gasteiger partial charge in [0.25, 0.3) is 0 Å². The van der Waals surface area contributed by atoms with Gasteiger partial charge in [0.2, 0.25) is 0 Å². The third-order valence-corrected chi connectivity index (χ3v) is 4.86. The van der Waals surface area contributed by atoms with Crippen molar-refractivity contribution in [2.24, 2.45) is 5.92 Å². The highest BCUT2D eigenvalue weighted by Crippen LogP contribution is 2.36. The summed E-state index contributed by atoms with van der Waals surface area (Å²) in [4.78, 5) is 7.65. The molecule has 0 bridgehead atoms. The van der Waals surface area contributed by atoms with Gasteiger partial charge in [-0.25, -0.2) is 4.98 Å². The number of hydrogen-bond donors (Lipinski definition) is 1. The summed E-state index contributed by atoms with van der Waals surface area (Å²) in [6, 6.07) is 0. The monoisotopic (exact) mass is 307 g/mol. The molecular weight excluding hydrogens is 287 g/mol. The number of aryl methyl sites for hydroxylation is 1. The molecule has 7 heteroatoms. The topological polar surface area (TPSA) is 28.2 Å². The SMILES string of the molecule is CCNCc1sc(N2CCC(C(F)(F)F)CC2)nc1C. The summed E-state index contributed by atoms with van der Waals surface area (Å²) in [6.07, 6.45) is -3.71. The molecule has 1 saturated heterocycles. The molecule has 0 spiro atoms. The van der Waals surface area contributed by atoms with Gasteiger partial charge in [0.15, 0.2) is 5.13 Å². The van der Waals surface area contributed by atoms with Crippen LogP contribution in [0.5, 0.6) is 0 Å². The van der Waals surface area contributed by atoms with Gasteiger partial charge in [-0.2, -0.15) is 13.2 Å². The van der Waals surface area contributed by atoms with E-state index in [4.69, 9.17) is 0 Å². The molecule has 0 amide bonds. The Balaban J connectivity index is 1.97. The fourth-order valence-electron chi connectivity index (χ4n) is 2.35. The van der Waals surface area contributed by atoms with Crippen LogP contribution in [-0.4, -0.2) is 30.8 Å². The second-order valence-corrected chi connectivity index (χ2v) is 6.15. The molecule has 1 aliphatic heterocycles. The van der Waals surface area contributed by atoms with Gasteiger partial charge in [-0.15, -0.1) is 11.3 Å². The molecule has 0 aromatic carbocycles. The molecule has 0 unspecified atom stereocenters. The number of nitrogens with zero attached hydrogens (tertiary/aromatic N) is 2. The van der Waals surface area contributed by atoms with Crippen molar-refractivity contribution in [3.63, 3.8) is 0 Å². The van der Waals surface area contributed by atoms with Crippen LogP contribution < -0.4 is 10.2 Å². The Morgan fingerprint density at radius 1 is 1.35 bits per heavy atom. The van der Waals surface area contributed by atoms with E-state index >= 15 is 0 Å². The predicted molar refractivity (Wildman–Crippen MR) is 75.2 cm³/mol. The van der Waals surface area contributed by atoms with E-state index in [2.05, 4.69) is 10.3 Å². The lowest BCUT2D eigenvalue weighted by Crippen LogP contribution is -2.38. The predicted octanol–water partition coefficient (Wildman–Crippen LogP) is 3.34. The van der Waals surface area contributed by atoms with Crippen LogP contribution in [0.3, 0.4) is 0 Å². The summed E-state index contributed by atoms with van der Waals surface area (Å²) in [5.41, 5.74) is 0.976. The first kappa shape index (κ1) is 15.6. The number of thiazole rings is 1. The van der Waals surface area contributed by atoms with Crippen LogP contribution >= 0.6 is 11.3 Å². The number of piperidine rings is 1. The van der Waals surface area contributed by atoms with Gasteiger partial charge >= 0.3 is 6.18 Å². The fraction of sp³-hybridized carbons (Fsp3) is 0.769. The minimum Gasteiger partial charge on any atom is -0.348 e. The Morgan fingerprint density at radius 3 is 2.55 bits per heavy atom. The van der Waals surface area contributed by atoms with Gasteiger partial charge in [-0.05, 0) is 26.3 Å². The zero-order chi connectivity index (χ0) is 14.8. The van der Waals surface area contributed by atoms with Crippen LogP contribution in [-0.2, 0) is 6.54 Å². The highest BCUT2D eigenvalue weighted by atomic mass is 32.1. The molecule has 3 nitrogen and oxygen atoms in total. The number of anilines is 1. The van der Waals surface area contributed by atoms with Crippen molar-refractivity contribution in [1.29, 1.82) is 0 Å². The Labute approximate surface area is 121 Å². The molecule has 114 valence electrons. The second kappa shape index (κ2) is 6.30. The van der Waals surface area contributed by atoms with Crippen molar-refractivity contribution >= 4 is 16.5 Å². The van der Waals surface area contributed by atoms with E-state index in [0.29, 0.717) is 13.1 Å². The molecule has 0 atom stereocenters. The van der Waals surface area contributed by atoms with E-state index in [9.17, 15) is 13.2 Å².